The van der Waals surface area contributed by atoms with Gasteiger partial charge in [-0.05, 0) is 12.8 Å². The van der Waals surface area contributed by atoms with E-state index in [0.717, 1.165) is 25.7 Å². The van der Waals surface area contributed by atoms with Crippen LogP contribution in [0.4, 0.5) is 0 Å². The highest BCUT2D eigenvalue weighted by Crippen LogP contribution is 2.27. The Bertz CT molecular complexity index is 183. The molecule has 3 nitrogen and oxygen atoms in total. The van der Waals surface area contributed by atoms with Crippen LogP contribution in [0.2, 0.25) is 0 Å². The number of ether oxygens (including phenoxy) is 1. The van der Waals surface area contributed by atoms with E-state index in [2.05, 4.69) is 11.0 Å². The topological polar surface area (TPSA) is 36.3 Å². The number of morpholine rings is 1. The van der Waals surface area contributed by atoms with Crippen LogP contribution in [0.1, 0.15) is 12.8 Å². The summed E-state index contributed by atoms with van der Waals surface area (Å²) in [6.45, 7) is 2.57. The molecule has 1 saturated heterocycles. The second-order valence-corrected chi connectivity index (χ2v) is 3.21. The van der Waals surface area contributed by atoms with Crippen molar-refractivity contribution in [3.05, 3.63) is 0 Å². The number of hydrogen-bond acceptors (Lipinski definition) is 3. The van der Waals surface area contributed by atoms with Gasteiger partial charge in [0, 0.05) is 19.1 Å². The Morgan fingerprint density at radius 3 is 2.91 bits per heavy atom. The molecule has 2 rings (SSSR count). The van der Waals surface area contributed by atoms with E-state index in [9.17, 15) is 0 Å². The maximum Gasteiger partial charge on any atom is 0.156 e. The Morgan fingerprint density at radius 1 is 1.45 bits per heavy atom. The SMILES string of the molecule is N#C[C@@H]1CN(C2CC2)CCO1. The van der Waals surface area contributed by atoms with Crippen molar-refractivity contribution in [2.75, 3.05) is 19.7 Å². The molecule has 0 radical (unpaired) electrons. The van der Waals surface area contributed by atoms with Crippen LogP contribution in [-0.4, -0.2) is 36.7 Å². The van der Waals surface area contributed by atoms with Gasteiger partial charge in [-0.25, -0.2) is 0 Å². The lowest BCUT2D eigenvalue weighted by atomic mass is 10.3. The molecule has 1 heterocycles. The standard InChI is InChI=1S/C8H12N2O/c9-5-8-6-10(3-4-11-8)7-1-2-7/h7-8H,1-4,6H2/t8-/m1/s1. The van der Waals surface area contributed by atoms with E-state index in [0.29, 0.717) is 0 Å². The molecule has 11 heavy (non-hydrogen) atoms. The molecule has 1 aliphatic carbocycles. The highest BCUT2D eigenvalue weighted by molar-refractivity contribution is 4.94. The van der Waals surface area contributed by atoms with Gasteiger partial charge in [-0.2, -0.15) is 5.26 Å². The Hall–Kier alpha value is -0.590. The molecule has 0 spiro atoms. The van der Waals surface area contributed by atoms with Crippen molar-refractivity contribution in [1.29, 1.82) is 5.26 Å². The fraction of sp³-hybridized carbons (Fsp3) is 0.875. The summed E-state index contributed by atoms with van der Waals surface area (Å²) in [5.74, 6) is 0. The highest BCUT2D eigenvalue weighted by Gasteiger charge is 2.32. The van der Waals surface area contributed by atoms with Crippen molar-refractivity contribution in [1.82, 2.24) is 4.90 Å². The molecule has 0 aromatic heterocycles. The van der Waals surface area contributed by atoms with E-state index in [1.807, 2.05) is 0 Å². The van der Waals surface area contributed by atoms with Crippen LogP contribution in [0.15, 0.2) is 0 Å². The molecule has 0 amide bonds. The summed E-state index contributed by atoms with van der Waals surface area (Å²) < 4.78 is 5.23. The normalized spacial score (nSPS) is 33.2. The zero-order valence-electron chi connectivity index (χ0n) is 6.49. The van der Waals surface area contributed by atoms with E-state index in [1.165, 1.54) is 12.8 Å². The summed E-state index contributed by atoms with van der Waals surface area (Å²) in [4.78, 5) is 2.37. The van der Waals surface area contributed by atoms with Gasteiger partial charge in [0.15, 0.2) is 6.10 Å². The third-order valence-corrected chi connectivity index (χ3v) is 2.31. The lowest BCUT2D eigenvalue weighted by Crippen LogP contribution is -2.42. The van der Waals surface area contributed by atoms with Gasteiger partial charge in [-0.15, -0.1) is 0 Å². The molecule has 1 aliphatic heterocycles. The molecule has 0 aromatic rings. The fourth-order valence-corrected chi connectivity index (χ4v) is 1.52. The molecule has 60 valence electrons. The molecule has 1 atom stereocenters. The monoisotopic (exact) mass is 152 g/mol. The van der Waals surface area contributed by atoms with Crippen molar-refractivity contribution in [2.45, 2.75) is 25.0 Å². The zero-order chi connectivity index (χ0) is 7.68. The van der Waals surface area contributed by atoms with Crippen LogP contribution in [0.3, 0.4) is 0 Å². The van der Waals surface area contributed by atoms with Crippen LogP contribution >= 0.6 is 0 Å². The van der Waals surface area contributed by atoms with Gasteiger partial charge in [0.05, 0.1) is 12.7 Å². The van der Waals surface area contributed by atoms with Crippen LogP contribution in [-0.2, 0) is 4.74 Å². The minimum Gasteiger partial charge on any atom is -0.361 e. The first-order valence-corrected chi connectivity index (χ1v) is 4.15. The minimum absolute atomic E-state index is 0.177. The van der Waals surface area contributed by atoms with E-state index < -0.39 is 0 Å². The first-order chi connectivity index (χ1) is 5.40. The molecule has 1 saturated carbocycles. The third-order valence-electron chi connectivity index (χ3n) is 2.31. The van der Waals surface area contributed by atoms with E-state index in [4.69, 9.17) is 10.00 Å². The zero-order valence-corrected chi connectivity index (χ0v) is 6.49. The van der Waals surface area contributed by atoms with E-state index in [1.54, 1.807) is 0 Å². The van der Waals surface area contributed by atoms with Gasteiger partial charge in [0.1, 0.15) is 0 Å². The van der Waals surface area contributed by atoms with Gasteiger partial charge < -0.3 is 4.74 Å². The van der Waals surface area contributed by atoms with Gasteiger partial charge in [-0.3, -0.25) is 4.90 Å². The van der Waals surface area contributed by atoms with E-state index in [-0.39, 0.29) is 6.10 Å². The summed E-state index contributed by atoms with van der Waals surface area (Å²) in [5, 5.41) is 8.61. The van der Waals surface area contributed by atoms with Gasteiger partial charge in [0.2, 0.25) is 0 Å². The fourth-order valence-electron chi connectivity index (χ4n) is 1.52. The first kappa shape index (κ1) is 7.08. The second kappa shape index (κ2) is 2.80. The van der Waals surface area contributed by atoms with Crippen molar-refractivity contribution in [2.24, 2.45) is 0 Å². The van der Waals surface area contributed by atoms with Crippen molar-refractivity contribution >= 4 is 0 Å². The summed E-state index contributed by atoms with van der Waals surface area (Å²) in [5.41, 5.74) is 0. The maximum absolute atomic E-state index is 8.61. The van der Waals surface area contributed by atoms with E-state index >= 15 is 0 Å². The first-order valence-electron chi connectivity index (χ1n) is 4.15. The second-order valence-electron chi connectivity index (χ2n) is 3.21. The summed E-state index contributed by atoms with van der Waals surface area (Å²) >= 11 is 0. The number of nitrogens with zero attached hydrogens (tertiary/aromatic N) is 2. The van der Waals surface area contributed by atoms with Crippen molar-refractivity contribution in [3.63, 3.8) is 0 Å². The lowest BCUT2D eigenvalue weighted by Gasteiger charge is -2.29. The number of hydrogen-bond donors (Lipinski definition) is 0. The Kier molecular flexibility index (Phi) is 1.80. The molecule has 3 heteroatoms. The predicted molar refractivity (Wildman–Crippen MR) is 39.9 cm³/mol. The number of nitriles is 1. The molecular formula is C8H12N2O. The van der Waals surface area contributed by atoms with Crippen LogP contribution < -0.4 is 0 Å². The molecule has 0 aromatic carbocycles. The Morgan fingerprint density at radius 2 is 2.27 bits per heavy atom. The van der Waals surface area contributed by atoms with Gasteiger partial charge >= 0.3 is 0 Å². The quantitative estimate of drug-likeness (QED) is 0.544. The summed E-state index contributed by atoms with van der Waals surface area (Å²) in [6.07, 6.45) is 2.46. The average molecular weight is 152 g/mol. The highest BCUT2D eigenvalue weighted by atomic mass is 16.5. The molecule has 0 unspecified atom stereocenters. The maximum atomic E-state index is 8.61. The van der Waals surface area contributed by atoms with Gasteiger partial charge in [-0.1, -0.05) is 0 Å². The predicted octanol–water partition coefficient (Wildman–Crippen LogP) is 0.373. The Labute approximate surface area is 66.5 Å². The Balaban J connectivity index is 1.88. The molecule has 0 N–H and O–H groups in total. The minimum atomic E-state index is -0.177. The summed E-state index contributed by atoms with van der Waals surface area (Å²) in [7, 11) is 0. The lowest BCUT2D eigenvalue weighted by molar-refractivity contribution is -0.00283. The molecule has 2 aliphatic rings. The van der Waals surface area contributed by atoms with Crippen molar-refractivity contribution < 1.29 is 4.74 Å². The third kappa shape index (κ3) is 1.52. The van der Waals surface area contributed by atoms with Crippen LogP contribution in [0.25, 0.3) is 0 Å². The largest absolute Gasteiger partial charge is 0.361 e. The summed E-state index contributed by atoms with van der Waals surface area (Å²) in [6, 6.07) is 2.93. The number of rotatable bonds is 1. The van der Waals surface area contributed by atoms with Crippen molar-refractivity contribution in [3.8, 4) is 6.07 Å². The van der Waals surface area contributed by atoms with Gasteiger partial charge in [0.25, 0.3) is 0 Å². The smallest absolute Gasteiger partial charge is 0.156 e. The average Bonchev–Trinajstić information content (AvgIpc) is 2.87. The molecule has 2 fully saturated rings. The van der Waals surface area contributed by atoms with Crippen LogP contribution in [0.5, 0.6) is 0 Å². The van der Waals surface area contributed by atoms with Crippen LogP contribution in [0, 0.1) is 11.3 Å². The molecule has 0 bridgehead atoms. The molecular weight excluding hydrogens is 140 g/mol.